The van der Waals surface area contributed by atoms with Crippen LogP contribution in [-0.2, 0) is 19.7 Å². The van der Waals surface area contributed by atoms with E-state index in [-0.39, 0.29) is 17.7 Å². The number of carbonyl (C=O) groups excluding carboxylic acids is 2. The van der Waals surface area contributed by atoms with Crippen LogP contribution < -0.4 is 5.32 Å². The molecule has 0 unspecified atom stereocenters. The van der Waals surface area contributed by atoms with E-state index < -0.39 is 11.0 Å². The summed E-state index contributed by atoms with van der Waals surface area (Å²) < 4.78 is 5.69. The van der Waals surface area contributed by atoms with Crippen LogP contribution >= 0.6 is 0 Å². The Bertz CT molecular complexity index is 1010. The number of nitrogens with zero attached hydrogens (tertiary/aromatic N) is 1. The zero-order valence-corrected chi connectivity index (χ0v) is 19.5. The van der Waals surface area contributed by atoms with Crippen molar-refractivity contribution in [3.05, 3.63) is 71.3 Å². The van der Waals surface area contributed by atoms with Gasteiger partial charge >= 0.3 is 0 Å². The summed E-state index contributed by atoms with van der Waals surface area (Å²) in [5.41, 5.74) is 2.50. The lowest BCUT2D eigenvalue weighted by Gasteiger charge is -2.40. The molecule has 5 heteroatoms. The first kappa shape index (κ1) is 22.1. The maximum absolute atomic E-state index is 14.4. The van der Waals surface area contributed by atoms with Crippen molar-refractivity contribution in [1.29, 1.82) is 0 Å². The van der Waals surface area contributed by atoms with Crippen LogP contribution in [0.25, 0.3) is 0 Å². The van der Waals surface area contributed by atoms with Crippen LogP contribution in [0.5, 0.6) is 0 Å². The van der Waals surface area contributed by atoms with Gasteiger partial charge in [0.25, 0.3) is 0 Å². The molecule has 2 aromatic rings. The first-order chi connectivity index (χ1) is 16.0. The van der Waals surface area contributed by atoms with Crippen LogP contribution in [-0.4, -0.2) is 48.6 Å². The first-order valence-electron chi connectivity index (χ1n) is 12.3. The molecule has 3 aliphatic rings. The van der Waals surface area contributed by atoms with Crippen molar-refractivity contribution in [3.63, 3.8) is 0 Å². The smallest absolute Gasteiger partial charge is 0.233 e. The zero-order valence-electron chi connectivity index (χ0n) is 19.5. The molecule has 0 aromatic heterocycles. The monoisotopic (exact) mass is 446 g/mol. The third kappa shape index (κ3) is 4.08. The highest BCUT2D eigenvalue weighted by Crippen LogP contribution is 2.44. The minimum absolute atomic E-state index is 0.0964. The van der Waals surface area contributed by atoms with Gasteiger partial charge in [-0.2, -0.15) is 0 Å². The summed E-state index contributed by atoms with van der Waals surface area (Å²) in [6, 6.07) is 18.8. The lowest BCUT2D eigenvalue weighted by atomic mass is 9.72. The molecular formula is C28H34N2O3. The van der Waals surface area contributed by atoms with Gasteiger partial charge in [0.1, 0.15) is 0 Å². The molecule has 0 aliphatic carbocycles. The average Bonchev–Trinajstić information content (AvgIpc) is 3.10. The summed E-state index contributed by atoms with van der Waals surface area (Å²) in [6.45, 7) is 4.48. The zero-order chi connectivity index (χ0) is 22.9. The van der Waals surface area contributed by atoms with E-state index in [1.54, 1.807) is 0 Å². The predicted octanol–water partition coefficient (Wildman–Crippen LogP) is 4.10. The SMILES string of the molecule is Cc1cccc(C2(C(=O)N3C[C@@H](c4ccccc4)[C@@]4(CCCCC(=O)N4)C3)CCOCC2)c1. The molecule has 3 aliphatic heterocycles. The number of hydrogen-bond donors (Lipinski definition) is 1. The highest BCUT2D eigenvalue weighted by molar-refractivity contribution is 5.89. The Kier molecular flexibility index (Phi) is 6.00. The minimum Gasteiger partial charge on any atom is -0.381 e. The van der Waals surface area contributed by atoms with E-state index in [4.69, 9.17) is 4.74 Å². The van der Waals surface area contributed by atoms with Crippen LogP contribution in [0, 0.1) is 6.92 Å². The Hall–Kier alpha value is -2.66. The molecule has 5 rings (SSSR count). The molecule has 0 bridgehead atoms. The maximum Gasteiger partial charge on any atom is 0.233 e. The van der Waals surface area contributed by atoms with Gasteiger partial charge in [0, 0.05) is 38.6 Å². The molecule has 0 saturated carbocycles. The van der Waals surface area contributed by atoms with Crippen molar-refractivity contribution >= 4 is 11.8 Å². The van der Waals surface area contributed by atoms with E-state index in [0.717, 1.165) is 24.8 Å². The molecule has 2 atom stereocenters. The Morgan fingerprint density at radius 3 is 2.58 bits per heavy atom. The van der Waals surface area contributed by atoms with Gasteiger partial charge in [-0.1, -0.05) is 66.6 Å². The standard InChI is InChI=1S/C28H34N2O3/c1-21-8-7-11-23(18-21)27(14-16-33-17-15-27)26(32)30-19-24(22-9-3-2-4-10-22)28(20-30)13-6-5-12-25(31)29-28/h2-4,7-11,18,24H,5-6,12-17,19-20H2,1H3,(H,29,31)/t24-,28+/m0/s1. The highest BCUT2D eigenvalue weighted by atomic mass is 16.5. The van der Waals surface area contributed by atoms with Crippen molar-refractivity contribution in [1.82, 2.24) is 10.2 Å². The molecule has 2 aromatic carbocycles. The average molecular weight is 447 g/mol. The number of amides is 2. The lowest BCUT2D eigenvalue weighted by molar-refractivity contribution is -0.140. The molecule has 174 valence electrons. The molecule has 3 saturated heterocycles. The van der Waals surface area contributed by atoms with Crippen LogP contribution in [0.1, 0.15) is 61.1 Å². The number of ether oxygens (including phenoxy) is 1. The van der Waals surface area contributed by atoms with Crippen LogP contribution in [0.2, 0.25) is 0 Å². The summed E-state index contributed by atoms with van der Waals surface area (Å²) >= 11 is 0. The number of nitrogens with one attached hydrogen (secondary N) is 1. The van der Waals surface area contributed by atoms with Crippen molar-refractivity contribution in [2.75, 3.05) is 26.3 Å². The molecule has 2 amide bonds. The summed E-state index contributed by atoms with van der Waals surface area (Å²) in [5, 5.41) is 3.39. The third-order valence-corrected chi connectivity index (χ3v) is 8.02. The van der Waals surface area contributed by atoms with Gasteiger partial charge in [0.2, 0.25) is 11.8 Å². The Labute approximate surface area is 196 Å². The van der Waals surface area contributed by atoms with E-state index in [1.807, 2.05) is 6.07 Å². The summed E-state index contributed by atoms with van der Waals surface area (Å²) in [5.74, 6) is 0.397. The Balaban J connectivity index is 1.53. The fourth-order valence-corrected chi connectivity index (χ4v) is 6.27. The summed E-state index contributed by atoms with van der Waals surface area (Å²) in [6.07, 6.45) is 4.78. The maximum atomic E-state index is 14.4. The highest BCUT2D eigenvalue weighted by Gasteiger charge is 2.53. The molecule has 0 radical (unpaired) electrons. The number of benzene rings is 2. The van der Waals surface area contributed by atoms with Crippen LogP contribution in [0.3, 0.4) is 0 Å². The van der Waals surface area contributed by atoms with Crippen LogP contribution in [0.4, 0.5) is 0 Å². The van der Waals surface area contributed by atoms with E-state index in [1.165, 1.54) is 11.1 Å². The number of likely N-dealkylation sites (tertiary alicyclic amines) is 1. The first-order valence-corrected chi connectivity index (χ1v) is 12.3. The third-order valence-electron chi connectivity index (χ3n) is 8.02. The number of rotatable bonds is 3. The van der Waals surface area contributed by atoms with Crippen molar-refractivity contribution < 1.29 is 14.3 Å². The fourth-order valence-electron chi connectivity index (χ4n) is 6.27. The van der Waals surface area contributed by atoms with E-state index >= 15 is 0 Å². The molecule has 3 fully saturated rings. The molecule has 1 N–H and O–H groups in total. The number of carbonyl (C=O) groups is 2. The summed E-state index contributed by atoms with van der Waals surface area (Å²) in [7, 11) is 0. The molecule has 5 nitrogen and oxygen atoms in total. The summed E-state index contributed by atoms with van der Waals surface area (Å²) in [4.78, 5) is 29.1. The molecular weight excluding hydrogens is 412 g/mol. The second kappa shape index (κ2) is 8.94. The topological polar surface area (TPSA) is 58.6 Å². The number of hydrogen-bond acceptors (Lipinski definition) is 3. The van der Waals surface area contributed by atoms with Gasteiger partial charge in [-0.3, -0.25) is 9.59 Å². The van der Waals surface area contributed by atoms with Gasteiger partial charge < -0.3 is 15.0 Å². The van der Waals surface area contributed by atoms with Gasteiger partial charge in [0.15, 0.2) is 0 Å². The van der Waals surface area contributed by atoms with E-state index in [2.05, 4.69) is 65.7 Å². The normalized spacial score (nSPS) is 27.2. The van der Waals surface area contributed by atoms with E-state index in [0.29, 0.717) is 45.6 Å². The molecule has 1 spiro atoms. The predicted molar refractivity (Wildman–Crippen MR) is 128 cm³/mol. The second-order valence-corrected chi connectivity index (χ2v) is 10.1. The van der Waals surface area contributed by atoms with Crippen molar-refractivity contribution in [3.8, 4) is 0 Å². The van der Waals surface area contributed by atoms with Crippen molar-refractivity contribution in [2.45, 2.75) is 62.3 Å². The van der Waals surface area contributed by atoms with Crippen molar-refractivity contribution in [2.24, 2.45) is 0 Å². The number of aryl methyl sites for hydroxylation is 1. The van der Waals surface area contributed by atoms with E-state index in [9.17, 15) is 9.59 Å². The quantitative estimate of drug-likeness (QED) is 0.772. The second-order valence-electron chi connectivity index (χ2n) is 10.1. The largest absolute Gasteiger partial charge is 0.381 e. The Morgan fingerprint density at radius 1 is 1.03 bits per heavy atom. The van der Waals surface area contributed by atoms with Gasteiger partial charge in [-0.15, -0.1) is 0 Å². The molecule has 33 heavy (non-hydrogen) atoms. The fraction of sp³-hybridized carbons (Fsp3) is 0.500. The van der Waals surface area contributed by atoms with Gasteiger partial charge in [0.05, 0.1) is 11.0 Å². The van der Waals surface area contributed by atoms with Crippen LogP contribution in [0.15, 0.2) is 54.6 Å². The Morgan fingerprint density at radius 2 is 1.82 bits per heavy atom. The van der Waals surface area contributed by atoms with Gasteiger partial charge in [-0.25, -0.2) is 0 Å². The van der Waals surface area contributed by atoms with Gasteiger partial charge in [-0.05, 0) is 43.7 Å². The lowest BCUT2D eigenvalue weighted by Crippen LogP contribution is -2.54. The molecule has 3 heterocycles. The minimum atomic E-state index is -0.564.